The molecular formula is C13H14O3. The lowest BCUT2D eigenvalue weighted by molar-refractivity contribution is -0.124. The minimum Gasteiger partial charge on any atom is -0.501 e. The number of Topliss-reactive ketones (excluding diaryl/α,β-unsaturated/α-hetero) is 1. The average molecular weight is 218 g/mol. The molecule has 0 bridgehead atoms. The Balaban J connectivity index is 2.13. The highest BCUT2D eigenvalue weighted by Gasteiger charge is 2.22. The summed E-state index contributed by atoms with van der Waals surface area (Å²) in [6.45, 7) is 0.651. The third-order valence-corrected chi connectivity index (χ3v) is 2.61. The number of hydrogen-bond acceptors (Lipinski definition) is 3. The minimum atomic E-state index is -1.07. The van der Waals surface area contributed by atoms with Crippen molar-refractivity contribution in [3.05, 3.63) is 47.7 Å². The predicted molar refractivity (Wildman–Crippen MR) is 59.7 cm³/mol. The van der Waals surface area contributed by atoms with E-state index < -0.39 is 6.10 Å². The standard InChI is InChI=1S/C13H14O3/c14-12(10-5-2-1-3-6-10)13(15)11-7-4-8-16-9-11/h1-3,5-6,9,12,14H,4,7-8H2. The Labute approximate surface area is 94.4 Å². The molecule has 3 nitrogen and oxygen atoms in total. The molecular weight excluding hydrogens is 204 g/mol. The van der Waals surface area contributed by atoms with Crippen molar-refractivity contribution in [1.29, 1.82) is 0 Å². The molecule has 84 valence electrons. The summed E-state index contributed by atoms with van der Waals surface area (Å²) in [5.74, 6) is -0.258. The highest BCUT2D eigenvalue weighted by molar-refractivity contribution is 5.99. The van der Waals surface area contributed by atoms with Gasteiger partial charge in [0.05, 0.1) is 12.9 Å². The Kier molecular flexibility index (Phi) is 3.37. The Bertz CT molecular complexity index is 395. The molecule has 0 aromatic heterocycles. The van der Waals surface area contributed by atoms with Crippen LogP contribution in [0.2, 0.25) is 0 Å². The van der Waals surface area contributed by atoms with Crippen molar-refractivity contribution in [2.75, 3.05) is 6.61 Å². The molecule has 0 spiro atoms. The number of ether oxygens (including phenoxy) is 1. The van der Waals surface area contributed by atoms with Gasteiger partial charge in [0.25, 0.3) is 0 Å². The van der Waals surface area contributed by atoms with E-state index in [1.807, 2.05) is 6.07 Å². The summed E-state index contributed by atoms with van der Waals surface area (Å²) in [7, 11) is 0. The molecule has 3 heteroatoms. The maximum absolute atomic E-state index is 11.9. The van der Waals surface area contributed by atoms with E-state index in [4.69, 9.17) is 4.74 Å². The van der Waals surface area contributed by atoms with Gasteiger partial charge in [-0.2, -0.15) is 0 Å². The molecule has 1 N–H and O–H groups in total. The van der Waals surface area contributed by atoms with Crippen LogP contribution in [0.3, 0.4) is 0 Å². The van der Waals surface area contributed by atoms with Crippen LogP contribution in [0.15, 0.2) is 42.2 Å². The van der Waals surface area contributed by atoms with Gasteiger partial charge in [0, 0.05) is 5.57 Å². The van der Waals surface area contributed by atoms with E-state index >= 15 is 0 Å². The zero-order valence-corrected chi connectivity index (χ0v) is 8.93. The van der Waals surface area contributed by atoms with E-state index in [0.29, 0.717) is 24.2 Å². The summed E-state index contributed by atoms with van der Waals surface area (Å²) in [6, 6.07) is 8.94. The lowest BCUT2D eigenvalue weighted by atomic mass is 9.97. The lowest BCUT2D eigenvalue weighted by Crippen LogP contribution is -2.17. The number of ketones is 1. The van der Waals surface area contributed by atoms with Crippen molar-refractivity contribution in [2.45, 2.75) is 18.9 Å². The second-order valence-corrected chi connectivity index (χ2v) is 3.79. The molecule has 1 atom stereocenters. The van der Waals surface area contributed by atoms with Gasteiger partial charge in [0.2, 0.25) is 0 Å². The number of carbonyl (C=O) groups excluding carboxylic acids is 1. The van der Waals surface area contributed by atoms with Crippen molar-refractivity contribution in [3.63, 3.8) is 0 Å². The summed E-state index contributed by atoms with van der Waals surface area (Å²) in [6.07, 6.45) is 1.91. The fourth-order valence-corrected chi connectivity index (χ4v) is 1.71. The third-order valence-electron chi connectivity index (χ3n) is 2.61. The fraction of sp³-hybridized carbons (Fsp3) is 0.308. The summed E-state index contributed by atoms with van der Waals surface area (Å²) in [4.78, 5) is 11.9. The van der Waals surface area contributed by atoms with Gasteiger partial charge in [-0.15, -0.1) is 0 Å². The molecule has 1 aromatic rings. The summed E-state index contributed by atoms with van der Waals surface area (Å²) in [5.41, 5.74) is 1.20. The Morgan fingerprint density at radius 2 is 2.06 bits per heavy atom. The van der Waals surface area contributed by atoms with Gasteiger partial charge in [0.1, 0.15) is 6.10 Å². The topological polar surface area (TPSA) is 46.5 Å². The van der Waals surface area contributed by atoms with Gasteiger partial charge in [-0.25, -0.2) is 0 Å². The number of carbonyl (C=O) groups is 1. The van der Waals surface area contributed by atoms with Crippen LogP contribution in [-0.4, -0.2) is 17.5 Å². The molecule has 16 heavy (non-hydrogen) atoms. The van der Waals surface area contributed by atoms with E-state index in [-0.39, 0.29) is 5.78 Å². The SMILES string of the molecule is O=C(C1=COCCC1)C(O)c1ccccc1. The van der Waals surface area contributed by atoms with Crippen LogP contribution >= 0.6 is 0 Å². The van der Waals surface area contributed by atoms with Crippen LogP contribution in [0.4, 0.5) is 0 Å². The van der Waals surface area contributed by atoms with Gasteiger partial charge in [-0.05, 0) is 18.4 Å². The normalized spacial score (nSPS) is 17.2. The maximum atomic E-state index is 11.9. The molecule has 1 heterocycles. The average Bonchev–Trinajstić information content (AvgIpc) is 2.39. The first kappa shape index (κ1) is 10.9. The van der Waals surface area contributed by atoms with E-state index in [1.54, 1.807) is 24.3 Å². The van der Waals surface area contributed by atoms with Crippen molar-refractivity contribution in [2.24, 2.45) is 0 Å². The molecule has 1 aliphatic heterocycles. The van der Waals surface area contributed by atoms with E-state index in [0.717, 1.165) is 6.42 Å². The highest BCUT2D eigenvalue weighted by Crippen LogP contribution is 2.21. The van der Waals surface area contributed by atoms with Gasteiger partial charge in [-0.1, -0.05) is 30.3 Å². The number of rotatable bonds is 3. The smallest absolute Gasteiger partial charge is 0.194 e. The van der Waals surface area contributed by atoms with Crippen molar-refractivity contribution >= 4 is 5.78 Å². The number of aliphatic hydroxyl groups excluding tert-OH is 1. The Morgan fingerprint density at radius 3 is 2.69 bits per heavy atom. The van der Waals surface area contributed by atoms with Gasteiger partial charge in [-0.3, -0.25) is 4.79 Å². The monoisotopic (exact) mass is 218 g/mol. The number of hydrogen-bond donors (Lipinski definition) is 1. The largest absolute Gasteiger partial charge is 0.501 e. The first-order chi connectivity index (χ1) is 7.79. The second kappa shape index (κ2) is 4.94. The van der Waals surface area contributed by atoms with Crippen LogP contribution in [0.25, 0.3) is 0 Å². The maximum Gasteiger partial charge on any atom is 0.194 e. The summed E-state index contributed by atoms with van der Waals surface area (Å²) >= 11 is 0. The van der Waals surface area contributed by atoms with E-state index in [2.05, 4.69) is 0 Å². The third kappa shape index (κ3) is 2.31. The number of aliphatic hydroxyl groups is 1. The van der Waals surface area contributed by atoms with Crippen LogP contribution in [-0.2, 0) is 9.53 Å². The van der Waals surface area contributed by atoms with Crippen molar-refractivity contribution in [3.8, 4) is 0 Å². The predicted octanol–water partition coefficient (Wildman–Crippen LogP) is 1.98. The quantitative estimate of drug-likeness (QED) is 0.843. The van der Waals surface area contributed by atoms with Crippen molar-refractivity contribution < 1.29 is 14.6 Å². The van der Waals surface area contributed by atoms with Gasteiger partial charge in [0.15, 0.2) is 5.78 Å². The van der Waals surface area contributed by atoms with Crippen LogP contribution in [0.1, 0.15) is 24.5 Å². The van der Waals surface area contributed by atoms with Gasteiger partial charge >= 0.3 is 0 Å². The lowest BCUT2D eigenvalue weighted by Gasteiger charge is -2.16. The van der Waals surface area contributed by atoms with Crippen molar-refractivity contribution in [1.82, 2.24) is 0 Å². The first-order valence-electron chi connectivity index (χ1n) is 5.37. The molecule has 0 amide bonds. The van der Waals surface area contributed by atoms with E-state index in [1.165, 1.54) is 6.26 Å². The molecule has 2 rings (SSSR count). The Morgan fingerprint density at radius 1 is 1.31 bits per heavy atom. The molecule has 0 saturated carbocycles. The van der Waals surface area contributed by atoms with Gasteiger partial charge < -0.3 is 9.84 Å². The minimum absolute atomic E-state index is 0.258. The molecule has 1 unspecified atom stereocenters. The first-order valence-corrected chi connectivity index (χ1v) is 5.37. The summed E-state index contributed by atoms with van der Waals surface area (Å²) in [5, 5.41) is 9.90. The van der Waals surface area contributed by atoms with E-state index in [9.17, 15) is 9.90 Å². The molecule has 0 saturated heterocycles. The Hall–Kier alpha value is -1.61. The van der Waals surface area contributed by atoms with Crippen LogP contribution in [0, 0.1) is 0 Å². The molecule has 0 radical (unpaired) electrons. The molecule has 1 aromatic carbocycles. The highest BCUT2D eigenvalue weighted by atomic mass is 16.5. The fourth-order valence-electron chi connectivity index (χ4n) is 1.71. The molecule has 1 aliphatic rings. The van der Waals surface area contributed by atoms with Crippen LogP contribution in [0.5, 0.6) is 0 Å². The number of benzene rings is 1. The summed E-state index contributed by atoms with van der Waals surface area (Å²) < 4.78 is 5.10. The second-order valence-electron chi connectivity index (χ2n) is 3.79. The molecule has 0 fully saturated rings. The zero-order valence-electron chi connectivity index (χ0n) is 8.93. The molecule has 0 aliphatic carbocycles. The zero-order chi connectivity index (χ0) is 11.4. The van der Waals surface area contributed by atoms with Crippen LogP contribution < -0.4 is 0 Å².